The highest BCUT2D eigenvalue weighted by atomic mass is 32.9. The molecule has 0 bridgehead atoms. The maximum absolute atomic E-state index is 2.18. The highest BCUT2D eigenvalue weighted by molar-refractivity contribution is 7.69. The van der Waals surface area contributed by atoms with Crippen LogP contribution in [0.3, 0.4) is 0 Å². The van der Waals surface area contributed by atoms with Crippen molar-refractivity contribution in [2.45, 2.75) is 20.8 Å². The van der Waals surface area contributed by atoms with Crippen molar-refractivity contribution in [1.82, 2.24) is 0 Å². The molecule has 0 radical (unpaired) electrons. The van der Waals surface area contributed by atoms with Gasteiger partial charge < -0.3 is 0 Å². The number of aryl methyl sites for hydroxylation is 2. The fourth-order valence-electron chi connectivity index (χ4n) is 0.498. The van der Waals surface area contributed by atoms with Gasteiger partial charge in [-0.05, 0) is 13.8 Å². The Hall–Kier alpha value is 0.0500. The predicted molar refractivity (Wildman–Crippen MR) is 40.8 cm³/mol. The van der Waals surface area contributed by atoms with Crippen LogP contribution in [0.15, 0.2) is 0 Å². The van der Waals surface area contributed by atoms with Crippen molar-refractivity contribution in [3.8, 4) is 0 Å². The van der Waals surface area contributed by atoms with Gasteiger partial charge in [-0.15, -0.1) is 0 Å². The standard InChI is InChI=1S/C6H9S2/c1-4-5(2)7-8-6(4)3/h1-3H3/q+1. The minimum atomic E-state index is 1.47. The van der Waals surface area contributed by atoms with E-state index in [4.69, 9.17) is 0 Å². The number of rotatable bonds is 0. The zero-order valence-electron chi connectivity index (χ0n) is 5.32. The molecule has 1 aromatic heterocycles. The molecule has 1 rings (SSSR count). The van der Waals surface area contributed by atoms with Crippen molar-refractivity contribution in [2.24, 2.45) is 0 Å². The Morgan fingerprint density at radius 2 is 1.88 bits per heavy atom. The first-order chi connectivity index (χ1) is 3.72. The zero-order valence-corrected chi connectivity index (χ0v) is 6.95. The van der Waals surface area contributed by atoms with Gasteiger partial charge in [0.05, 0.1) is 4.88 Å². The molecule has 44 valence electrons. The Morgan fingerprint density at radius 1 is 1.25 bits per heavy atom. The molecule has 0 unspecified atom stereocenters. The van der Waals surface area contributed by atoms with E-state index in [-0.39, 0.29) is 0 Å². The Morgan fingerprint density at radius 3 is 2.00 bits per heavy atom. The number of hydrogen-bond acceptors (Lipinski definition) is 1. The van der Waals surface area contributed by atoms with Gasteiger partial charge in [-0.2, -0.15) is 0 Å². The van der Waals surface area contributed by atoms with Crippen LogP contribution in [0.2, 0.25) is 0 Å². The molecule has 0 saturated heterocycles. The van der Waals surface area contributed by atoms with Crippen molar-refractivity contribution in [2.75, 3.05) is 0 Å². The van der Waals surface area contributed by atoms with Gasteiger partial charge in [-0.25, -0.2) is 0 Å². The lowest BCUT2D eigenvalue weighted by molar-refractivity contribution is 1.38. The van der Waals surface area contributed by atoms with Crippen molar-refractivity contribution >= 4 is 20.7 Å². The number of hydrogen-bond donors (Lipinski definition) is 0. The van der Waals surface area contributed by atoms with Gasteiger partial charge in [-0.3, -0.25) is 0 Å². The first kappa shape index (κ1) is 6.17. The van der Waals surface area contributed by atoms with Crippen LogP contribution in [0, 0.1) is 20.8 Å². The van der Waals surface area contributed by atoms with Crippen molar-refractivity contribution in [3.05, 3.63) is 15.3 Å². The van der Waals surface area contributed by atoms with Gasteiger partial charge in [0, 0.05) is 12.5 Å². The lowest BCUT2D eigenvalue weighted by Gasteiger charge is -1.77. The summed E-state index contributed by atoms with van der Waals surface area (Å²) in [6.07, 6.45) is 0. The topological polar surface area (TPSA) is 0 Å². The van der Waals surface area contributed by atoms with Gasteiger partial charge in [0.15, 0.2) is 10.3 Å². The normalized spacial score (nSPS) is 9.88. The van der Waals surface area contributed by atoms with Crippen LogP contribution in [-0.2, 0) is 0 Å². The van der Waals surface area contributed by atoms with Gasteiger partial charge in [-0.1, -0.05) is 0 Å². The predicted octanol–water partition coefficient (Wildman–Crippen LogP) is 3.02. The molecular formula is C6H9S2+. The molecule has 0 nitrogen and oxygen atoms in total. The molecule has 0 aliphatic rings. The summed E-state index contributed by atoms with van der Waals surface area (Å²) in [7, 11) is 3.75. The van der Waals surface area contributed by atoms with Crippen LogP contribution in [0.1, 0.15) is 15.3 Å². The minimum Gasteiger partial charge on any atom is -0.0332 e. The van der Waals surface area contributed by atoms with Crippen molar-refractivity contribution in [1.29, 1.82) is 0 Å². The summed E-state index contributed by atoms with van der Waals surface area (Å²) < 4.78 is 0. The summed E-state index contributed by atoms with van der Waals surface area (Å²) in [4.78, 5) is 2.93. The molecule has 0 fully saturated rings. The summed E-state index contributed by atoms with van der Waals surface area (Å²) in [5.41, 5.74) is 1.47. The Balaban J connectivity index is 3.19. The van der Waals surface area contributed by atoms with E-state index < -0.39 is 0 Å². The summed E-state index contributed by atoms with van der Waals surface area (Å²) >= 11 is 0. The lowest BCUT2D eigenvalue weighted by atomic mass is 10.3. The molecule has 0 amide bonds. The molecule has 1 aromatic rings. The molecule has 2 heteroatoms. The van der Waals surface area contributed by atoms with E-state index in [1.807, 2.05) is 20.7 Å². The molecule has 0 atom stereocenters. The lowest BCUT2D eigenvalue weighted by Crippen LogP contribution is -1.69. The average Bonchev–Trinajstić information content (AvgIpc) is 1.98. The molecule has 8 heavy (non-hydrogen) atoms. The third kappa shape index (κ3) is 0.906. The second-order valence-corrected chi connectivity index (χ2v) is 4.46. The first-order valence-corrected chi connectivity index (χ1v) is 4.72. The first-order valence-electron chi connectivity index (χ1n) is 2.57. The van der Waals surface area contributed by atoms with Gasteiger partial charge in [0.2, 0.25) is 4.88 Å². The molecular weight excluding hydrogens is 136 g/mol. The molecule has 0 aromatic carbocycles. The van der Waals surface area contributed by atoms with Crippen LogP contribution in [0.25, 0.3) is 0 Å². The third-order valence-corrected chi connectivity index (χ3v) is 4.29. The van der Waals surface area contributed by atoms with E-state index in [1.165, 1.54) is 15.3 Å². The van der Waals surface area contributed by atoms with Crippen LogP contribution in [0.4, 0.5) is 0 Å². The van der Waals surface area contributed by atoms with E-state index in [0.29, 0.717) is 0 Å². The summed E-state index contributed by atoms with van der Waals surface area (Å²) in [5, 5.41) is 0. The molecule has 0 aliphatic heterocycles. The van der Waals surface area contributed by atoms with Crippen molar-refractivity contribution < 1.29 is 0 Å². The fraction of sp³-hybridized carbons (Fsp3) is 0.500. The van der Waals surface area contributed by atoms with E-state index in [0.717, 1.165) is 0 Å². The van der Waals surface area contributed by atoms with Gasteiger partial charge in [0.25, 0.3) is 10.3 Å². The molecule has 0 aliphatic carbocycles. The van der Waals surface area contributed by atoms with E-state index in [1.54, 1.807) is 0 Å². The van der Waals surface area contributed by atoms with Crippen LogP contribution in [-0.4, -0.2) is 0 Å². The molecule has 1 heterocycles. The average molecular weight is 145 g/mol. The van der Waals surface area contributed by atoms with Crippen LogP contribution in [0.5, 0.6) is 0 Å². The smallest absolute Gasteiger partial charge is 0.0332 e. The second-order valence-electron chi connectivity index (χ2n) is 1.90. The third-order valence-electron chi connectivity index (χ3n) is 1.35. The van der Waals surface area contributed by atoms with E-state index >= 15 is 0 Å². The molecule has 0 saturated carbocycles. The zero-order chi connectivity index (χ0) is 6.15. The van der Waals surface area contributed by atoms with Crippen LogP contribution >= 0.6 is 20.7 Å². The molecule has 0 spiro atoms. The van der Waals surface area contributed by atoms with Gasteiger partial charge in [0.1, 0.15) is 0 Å². The van der Waals surface area contributed by atoms with Crippen molar-refractivity contribution in [3.63, 3.8) is 0 Å². The second kappa shape index (κ2) is 2.11. The van der Waals surface area contributed by atoms with Crippen LogP contribution < -0.4 is 0 Å². The summed E-state index contributed by atoms with van der Waals surface area (Å²) in [5.74, 6) is 0. The van der Waals surface area contributed by atoms with Gasteiger partial charge >= 0.3 is 0 Å². The summed E-state index contributed by atoms with van der Waals surface area (Å²) in [6, 6.07) is 0. The Labute approximate surface area is 57.2 Å². The molecule has 0 N–H and O–H groups in total. The Bertz CT molecular complexity index is 169. The minimum absolute atomic E-state index is 1.47. The highest BCUT2D eigenvalue weighted by Crippen LogP contribution is 2.25. The monoisotopic (exact) mass is 145 g/mol. The maximum atomic E-state index is 2.18. The SMILES string of the molecule is Cc1s[s+]c(C)c1C. The van der Waals surface area contributed by atoms with E-state index in [2.05, 4.69) is 20.8 Å². The highest BCUT2D eigenvalue weighted by Gasteiger charge is 2.10. The summed E-state index contributed by atoms with van der Waals surface area (Å²) in [6.45, 7) is 6.52. The fourth-order valence-corrected chi connectivity index (χ4v) is 2.87. The largest absolute Gasteiger partial charge is 0.295 e. The van der Waals surface area contributed by atoms with E-state index in [9.17, 15) is 0 Å². The maximum Gasteiger partial charge on any atom is 0.295 e. The quantitative estimate of drug-likeness (QED) is 0.389. The Kier molecular flexibility index (Phi) is 1.63.